The Kier molecular flexibility index (Phi) is 5.49. The van der Waals surface area contributed by atoms with Gasteiger partial charge in [0.25, 0.3) is 0 Å². The van der Waals surface area contributed by atoms with Crippen LogP contribution in [0.4, 0.5) is 0 Å². The lowest BCUT2D eigenvalue weighted by molar-refractivity contribution is -0.137. The van der Waals surface area contributed by atoms with Crippen LogP contribution in [-0.4, -0.2) is 47.3 Å². The molecule has 1 aliphatic heterocycles. The molecule has 26 heavy (non-hydrogen) atoms. The van der Waals surface area contributed by atoms with Crippen LogP contribution in [0.2, 0.25) is 0 Å². The van der Waals surface area contributed by atoms with Crippen molar-refractivity contribution >= 4 is 17.7 Å². The summed E-state index contributed by atoms with van der Waals surface area (Å²) in [5.74, 6) is 0.247. The molecule has 0 aromatic heterocycles. The fourth-order valence-electron chi connectivity index (χ4n) is 4.01. The third kappa shape index (κ3) is 4.00. The van der Waals surface area contributed by atoms with Gasteiger partial charge in [-0.15, -0.1) is 0 Å². The van der Waals surface area contributed by atoms with Gasteiger partial charge in [0.15, 0.2) is 0 Å². The van der Waals surface area contributed by atoms with Gasteiger partial charge in [-0.2, -0.15) is 5.26 Å². The molecule has 2 N–H and O–H groups in total. The number of amides is 3. The molecule has 3 aliphatic rings. The number of rotatable bonds is 7. The minimum absolute atomic E-state index is 0.00604. The summed E-state index contributed by atoms with van der Waals surface area (Å²) in [7, 11) is 0. The highest BCUT2D eigenvalue weighted by atomic mass is 16.2. The van der Waals surface area contributed by atoms with Gasteiger partial charge < -0.3 is 15.5 Å². The van der Waals surface area contributed by atoms with E-state index in [2.05, 4.69) is 16.7 Å². The van der Waals surface area contributed by atoms with Crippen LogP contribution in [0.25, 0.3) is 0 Å². The molecule has 3 fully saturated rings. The van der Waals surface area contributed by atoms with E-state index in [0.717, 1.165) is 12.8 Å². The SMILES string of the molecule is CC(C)N1C(=O)CC[C@H]1C(=O)NC(CNC(=O)C1CC(C#N)C1)C1CC1. The highest BCUT2D eigenvalue weighted by molar-refractivity contribution is 5.91. The molecule has 7 nitrogen and oxygen atoms in total. The molecule has 0 spiro atoms. The minimum Gasteiger partial charge on any atom is -0.354 e. The number of carbonyl (C=O) groups excluding carboxylic acids is 3. The summed E-state index contributed by atoms with van der Waals surface area (Å²) in [6.45, 7) is 4.27. The van der Waals surface area contributed by atoms with Gasteiger partial charge in [-0.25, -0.2) is 0 Å². The molecule has 2 atom stereocenters. The van der Waals surface area contributed by atoms with E-state index >= 15 is 0 Å². The van der Waals surface area contributed by atoms with Crippen LogP contribution in [0, 0.1) is 29.1 Å². The van der Waals surface area contributed by atoms with E-state index in [1.807, 2.05) is 13.8 Å². The number of nitriles is 1. The van der Waals surface area contributed by atoms with Crippen LogP contribution in [0.5, 0.6) is 0 Å². The molecule has 2 saturated carbocycles. The van der Waals surface area contributed by atoms with E-state index < -0.39 is 6.04 Å². The van der Waals surface area contributed by atoms with Gasteiger partial charge >= 0.3 is 0 Å². The quantitative estimate of drug-likeness (QED) is 0.705. The van der Waals surface area contributed by atoms with E-state index in [1.165, 1.54) is 0 Å². The molecule has 1 saturated heterocycles. The first-order chi connectivity index (χ1) is 12.4. The molecule has 142 valence electrons. The van der Waals surface area contributed by atoms with Crippen LogP contribution in [0.15, 0.2) is 0 Å². The Hall–Kier alpha value is -2.10. The van der Waals surface area contributed by atoms with Gasteiger partial charge in [-0.1, -0.05) is 0 Å². The van der Waals surface area contributed by atoms with Crippen molar-refractivity contribution in [2.45, 2.75) is 70.5 Å². The van der Waals surface area contributed by atoms with E-state index in [9.17, 15) is 14.4 Å². The number of nitrogens with one attached hydrogen (secondary N) is 2. The number of hydrogen-bond acceptors (Lipinski definition) is 4. The van der Waals surface area contributed by atoms with Gasteiger partial charge in [0, 0.05) is 36.9 Å². The predicted molar refractivity (Wildman–Crippen MR) is 94.5 cm³/mol. The van der Waals surface area contributed by atoms with Crippen molar-refractivity contribution in [2.24, 2.45) is 17.8 Å². The zero-order valence-electron chi connectivity index (χ0n) is 15.5. The van der Waals surface area contributed by atoms with Crippen molar-refractivity contribution in [1.82, 2.24) is 15.5 Å². The average Bonchev–Trinajstić information content (AvgIpc) is 3.31. The van der Waals surface area contributed by atoms with Gasteiger partial charge in [-0.05, 0) is 51.9 Å². The van der Waals surface area contributed by atoms with Crippen LogP contribution in [0.1, 0.15) is 52.4 Å². The Bertz CT molecular complexity index is 617. The second-order valence-corrected chi connectivity index (χ2v) is 8.14. The molecule has 7 heteroatoms. The molecule has 3 amide bonds. The first-order valence-corrected chi connectivity index (χ1v) is 9.69. The molecule has 0 aromatic carbocycles. The van der Waals surface area contributed by atoms with E-state index in [1.54, 1.807) is 4.90 Å². The van der Waals surface area contributed by atoms with E-state index in [-0.39, 0.29) is 41.6 Å². The second-order valence-electron chi connectivity index (χ2n) is 8.14. The third-order valence-corrected chi connectivity index (χ3v) is 5.82. The number of likely N-dealkylation sites (tertiary alicyclic amines) is 1. The smallest absolute Gasteiger partial charge is 0.243 e. The Morgan fingerprint density at radius 2 is 1.92 bits per heavy atom. The molecule has 0 radical (unpaired) electrons. The summed E-state index contributed by atoms with van der Waals surface area (Å²) in [6, 6.07) is 1.71. The maximum absolute atomic E-state index is 12.7. The molecule has 0 bridgehead atoms. The van der Waals surface area contributed by atoms with Gasteiger partial charge in [0.1, 0.15) is 6.04 Å². The normalized spacial score (nSPS) is 29.1. The number of carbonyl (C=O) groups is 3. The topological polar surface area (TPSA) is 102 Å². The Morgan fingerprint density at radius 1 is 1.23 bits per heavy atom. The van der Waals surface area contributed by atoms with Crippen molar-refractivity contribution in [3.63, 3.8) is 0 Å². The molecule has 2 aliphatic carbocycles. The Balaban J connectivity index is 1.51. The molecule has 0 aromatic rings. The zero-order valence-corrected chi connectivity index (χ0v) is 15.5. The molecular weight excluding hydrogens is 332 g/mol. The van der Waals surface area contributed by atoms with Crippen molar-refractivity contribution < 1.29 is 14.4 Å². The fraction of sp³-hybridized carbons (Fsp3) is 0.789. The molecular formula is C19H28N4O3. The highest BCUT2D eigenvalue weighted by Crippen LogP contribution is 2.34. The summed E-state index contributed by atoms with van der Waals surface area (Å²) >= 11 is 0. The molecule has 3 rings (SSSR count). The average molecular weight is 360 g/mol. The largest absolute Gasteiger partial charge is 0.354 e. The lowest BCUT2D eigenvalue weighted by Crippen LogP contribution is -2.53. The first kappa shape index (κ1) is 18.7. The van der Waals surface area contributed by atoms with Crippen molar-refractivity contribution in [3.8, 4) is 6.07 Å². The lowest BCUT2D eigenvalue weighted by atomic mass is 9.75. The zero-order chi connectivity index (χ0) is 18.8. The van der Waals surface area contributed by atoms with Crippen LogP contribution in [-0.2, 0) is 14.4 Å². The maximum atomic E-state index is 12.7. The van der Waals surface area contributed by atoms with Crippen LogP contribution < -0.4 is 10.6 Å². The number of nitrogens with zero attached hydrogens (tertiary/aromatic N) is 2. The summed E-state index contributed by atoms with van der Waals surface area (Å²) in [5, 5.41) is 14.8. The maximum Gasteiger partial charge on any atom is 0.243 e. The Morgan fingerprint density at radius 3 is 2.50 bits per heavy atom. The van der Waals surface area contributed by atoms with Crippen LogP contribution >= 0.6 is 0 Å². The lowest BCUT2D eigenvalue weighted by Gasteiger charge is -2.31. The van der Waals surface area contributed by atoms with Crippen LogP contribution in [0.3, 0.4) is 0 Å². The number of hydrogen-bond donors (Lipinski definition) is 2. The highest BCUT2D eigenvalue weighted by Gasteiger charge is 2.41. The Labute approximate surface area is 154 Å². The van der Waals surface area contributed by atoms with Gasteiger partial charge in [0.2, 0.25) is 17.7 Å². The van der Waals surface area contributed by atoms with Gasteiger partial charge in [-0.3, -0.25) is 14.4 Å². The minimum atomic E-state index is -0.400. The first-order valence-electron chi connectivity index (χ1n) is 9.69. The van der Waals surface area contributed by atoms with Crippen molar-refractivity contribution in [3.05, 3.63) is 0 Å². The van der Waals surface area contributed by atoms with Crippen molar-refractivity contribution in [2.75, 3.05) is 6.54 Å². The van der Waals surface area contributed by atoms with Crippen molar-refractivity contribution in [1.29, 1.82) is 5.26 Å². The summed E-state index contributed by atoms with van der Waals surface area (Å²) < 4.78 is 0. The standard InChI is InChI=1S/C19H28N4O3/c1-11(2)23-16(5-6-17(23)24)19(26)22-15(13-3-4-13)10-21-18(25)14-7-12(8-14)9-20/h11-16H,3-8,10H2,1-2H3,(H,21,25)(H,22,26)/t12?,14?,15?,16-/m0/s1. The summed E-state index contributed by atoms with van der Waals surface area (Å²) in [5.41, 5.74) is 0. The summed E-state index contributed by atoms with van der Waals surface area (Å²) in [4.78, 5) is 38.6. The van der Waals surface area contributed by atoms with Gasteiger partial charge in [0.05, 0.1) is 6.07 Å². The monoisotopic (exact) mass is 360 g/mol. The molecule has 1 unspecified atom stereocenters. The second kappa shape index (κ2) is 7.65. The predicted octanol–water partition coefficient (Wildman–Crippen LogP) is 0.947. The third-order valence-electron chi connectivity index (χ3n) is 5.82. The summed E-state index contributed by atoms with van der Waals surface area (Å²) in [6.07, 6.45) is 4.36. The van der Waals surface area contributed by atoms with E-state index in [0.29, 0.717) is 38.1 Å². The van der Waals surface area contributed by atoms with E-state index in [4.69, 9.17) is 5.26 Å². The molecule has 1 heterocycles. The fourth-order valence-corrected chi connectivity index (χ4v) is 4.01.